The van der Waals surface area contributed by atoms with Crippen molar-refractivity contribution in [1.29, 1.82) is 0 Å². The number of nitrogens with zero attached hydrogens (tertiary/aromatic N) is 1. The third-order valence-corrected chi connectivity index (χ3v) is 4.53. The molecule has 2 amide bonds. The van der Waals surface area contributed by atoms with Gasteiger partial charge in [-0.3, -0.25) is 14.5 Å². The number of hydrogen-bond donors (Lipinski definition) is 1. The SMILES string of the molecule is CC(C)CC(C(=O)O)N1C(=O)CC2(CCCCC2)C1=O. The highest BCUT2D eigenvalue weighted by atomic mass is 16.4. The first-order valence-corrected chi connectivity index (χ1v) is 7.47. The van der Waals surface area contributed by atoms with Crippen LogP contribution in [0.2, 0.25) is 0 Å². The Labute approximate surface area is 119 Å². The van der Waals surface area contributed by atoms with Crippen molar-refractivity contribution in [1.82, 2.24) is 4.90 Å². The molecule has 112 valence electrons. The molecule has 2 fully saturated rings. The first-order valence-electron chi connectivity index (χ1n) is 7.47. The summed E-state index contributed by atoms with van der Waals surface area (Å²) in [5.74, 6) is -1.49. The topological polar surface area (TPSA) is 74.7 Å². The number of imide groups is 1. The molecule has 5 nitrogen and oxygen atoms in total. The first-order chi connectivity index (χ1) is 9.37. The highest BCUT2D eigenvalue weighted by molar-refractivity contribution is 6.08. The average molecular weight is 281 g/mol. The lowest BCUT2D eigenvalue weighted by Gasteiger charge is -2.32. The van der Waals surface area contributed by atoms with Crippen LogP contribution < -0.4 is 0 Å². The molecule has 1 saturated heterocycles. The Morgan fingerprint density at radius 1 is 1.25 bits per heavy atom. The summed E-state index contributed by atoms with van der Waals surface area (Å²) in [6, 6.07) is -1.00. The lowest BCUT2D eigenvalue weighted by Crippen LogP contribution is -2.47. The van der Waals surface area contributed by atoms with E-state index in [9.17, 15) is 19.5 Å². The Morgan fingerprint density at radius 2 is 1.85 bits per heavy atom. The van der Waals surface area contributed by atoms with E-state index >= 15 is 0 Å². The van der Waals surface area contributed by atoms with Crippen LogP contribution in [0.4, 0.5) is 0 Å². The maximum absolute atomic E-state index is 12.7. The maximum Gasteiger partial charge on any atom is 0.326 e. The van der Waals surface area contributed by atoms with E-state index in [-0.39, 0.29) is 24.2 Å². The third-order valence-electron chi connectivity index (χ3n) is 4.53. The fourth-order valence-corrected chi connectivity index (χ4v) is 3.52. The highest BCUT2D eigenvalue weighted by Crippen LogP contribution is 2.46. The summed E-state index contributed by atoms with van der Waals surface area (Å²) < 4.78 is 0. The second-order valence-electron chi connectivity index (χ2n) is 6.57. The normalized spacial score (nSPS) is 23.6. The van der Waals surface area contributed by atoms with E-state index in [1.54, 1.807) is 0 Å². The van der Waals surface area contributed by atoms with Crippen molar-refractivity contribution in [2.45, 2.75) is 64.8 Å². The molecule has 0 bridgehead atoms. The minimum Gasteiger partial charge on any atom is -0.480 e. The van der Waals surface area contributed by atoms with E-state index in [2.05, 4.69) is 0 Å². The predicted octanol–water partition coefficient (Wildman–Crippen LogP) is 2.20. The van der Waals surface area contributed by atoms with Crippen molar-refractivity contribution in [2.75, 3.05) is 0 Å². The van der Waals surface area contributed by atoms with Gasteiger partial charge in [-0.25, -0.2) is 4.79 Å². The molecule has 1 aliphatic heterocycles. The van der Waals surface area contributed by atoms with Crippen LogP contribution in [0.15, 0.2) is 0 Å². The Kier molecular flexibility index (Phi) is 4.16. The molecule has 1 spiro atoms. The second-order valence-corrected chi connectivity index (χ2v) is 6.57. The molecule has 1 aliphatic carbocycles. The minimum atomic E-state index is -1.08. The minimum absolute atomic E-state index is 0.125. The molecule has 0 aromatic rings. The van der Waals surface area contributed by atoms with E-state index < -0.39 is 17.4 Å². The summed E-state index contributed by atoms with van der Waals surface area (Å²) in [4.78, 5) is 37.4. The van der Waals surface area contributed by atoms with Crippen molar-refractivity contribution in [2.24, 2.45) is 11.3 Å². The Bertz CT molecular complexity index is 424. The average Bonchev–Trinajstić information content (AvgIpc) is 2.59. The maximum atomic E-state index is 12.7. The molecule has 0 aromatic carbocycles. The lowest BCUT2D eigenvalue weighted by molar-refractivity contribution is -0.156. The number of aliphatic carboxylic acids is 1. The number of rotatable bonds is 4. The molecule has 20 heavy (non-hydrogen) atoms. The van der Waals surface area contributed by atoms with Crippen molar-refractivity contribution < 1.29 is 19.5 Å². The van der Waals surface area contributed by atoms with Gasteiger partial charge < -0.3 is 5.11 Å². The third kappa shape index (κ3) is 2.58. The van der Waals surface area contributed by atoms with Crippen LogP contribution in [0, 0.1) is 11.3 Å². The molecule has 5 heteroatoms. The first kappa shape index (κ1) is 15.0. The molecule has 0 radical (unpaired) electrons. The van der Waals surface area contributed by atoms with Crippen molar-refractivity contribution in [3.05, 3.63) is 0 Å². The van der Waals surface area contributed by atoms with Crippen LogP contribution in [0.25, 0.3) is 0 Å². The highest BCUT2D eigenvalue weighted by Gasteiger charge is 2.54. The van der Waals surface area contributed by atoms with Crippen LogP contribution in [0.3, 0.4) is 0 Å². The second kappa shape index (κ2) is 5.54. The van der Waals surface area contributed by atoms with Gasteiger partial charge in [0.2, 0.25) is 11.8 Å². The van der Waals surface area contributed by atoms with E-state index in [4.69, 9.17) is 0 Å². The van der Waals surface area contributed by atoms with Gasteiger partial charge >= 0.3 is 5.97 Å². The van der Waals surface area contributed by atoms with E-state index in [0.717, 1.165) is 37.0 Å². The molecule has 2 aliphatic rings. The molecule has 1 N–H and O–H groups in total. The molecule has 1 saturated carbocycles. The number of carbonyl (C=O) groups is 3. The summed E-state index contributed by atoms with van der Waals surface area (Å²) in [6.07, 6.45) is 4.97. The number of amides is 2. The number of carboxylic acids is 1. The standard InChI is InChI=1S/C15H23NO4/c1-10(2)8-11(13(18)19)16-12(17)9-15(14(16)20)6-4-3-5-7-15/h10-11H,3-9H2,1-2H3,(H,18,19). The van der Waals surface area contributed by atoms with Gasteiger partial charge in [0, 0.05) is 6.42 Å². The van der Waals surface area contributed by atoms with Gasteiger partial charge in [-0.2, -0.15) is 0 Å². The fraction of sp³-hybridized carbons (Fsp3) is 0.800. The zero-order valence-electron chi connectivity index (χ0n) is 12.2. The van der Waals surface area contributed by atoms with E-state index in [0.29, 0.717) is 6.42 Å². The molecule has 1 unspecified atom stereocenters. The predicted molar refractivity (Wildman–Crippen MR) is 72.9 cm³/mol. The summed E-state index contributed by atoms with van der Waals surface area (Å²) in [5, 5.41) is 9.36. The number of hydrogen-bond acceptors (Lipinski definition) is 3. The summed E-state index contributed by atoms with van der Waals surface area (Å²) in [6.45, 7) is 3.80. The Morgan fingerprint density at radius 3 is 2.35 bits per heavy atom. The van der Waals surface area contributed by atoms with Gasteiger partial charge in [0.25, 0.3) is 0 Å². The molecule has 2 rings (SSSR count). The van der Waals surface area contributed by atoms with Crippen molar-refractivity contribution in [3.8, 4) is 0 Å². The molecule has 1 heterocycles. The number of carbonyl (C=O) groups excluding carboxylic acids is 2. The van der Waals surface area contributed by atoms with E-state index in [1.165, 1.54) is 0 Å². The van der Waals surface area contributed by atoms with Gasteiger partial charge in [0.05, 0.1) is 5.41 Å². The monoisotopic (exact) mass is 281 g/mol. The molecular weight excluding hydrogens is 258 g/mol. The number of carboxylic acid groups (broad SMARTS) is 1. The largest absolute Gasteiger partial charge is 0.480 e. The van der Waals surface area contributed by atoms with Crippen LogP contribution in [0.5, 0.6) is 0 Å². The quantitative estimate of drug-likeness (QED) is 0.802. The van der Waals surface area contributed by atoms with Crippen LogP contribution in [0.1, 0.15) is 58.8 Å². The van der Waals surface area contributed by atoms with Gasteiger partial charge in [0.15, 0.2) is 0 Å². The summed E-state index contributed by atoms with van der Waals surface area (Å²) in [5.41, 5.74) is -0.597. The zero-order chi connectivity index (χ0) is 14.9. The Hall–Kier alpha value is -1.39. The summed E-state index contributed by atoms with van der Waals surface area (Å²) in [7, 11) is 0. The van der Waals surface area contributed by atoms with Crippen molar-refractivity contribution in [3.63, 3.8) is 0 Å². The smallest absolute Gasteiger partial charge is 0.326 e. The van der Waals surface area contributed by atoms with Gasteiger partial charge in [-0.1, -0.05) is 33.1 Å². The summed E-state index contributed by atoms with van der Waals surface area (Å²) >= 11 is 0. The molecule has 1 atom stereocenters. The van der Waals surface area contributed by atoms with Crippen LogP contribution in [-0.2, 0) is 14.4 Å². The molecular formula is C15H23NO4. The lowest BCUT2D eigenvalue weighted by atomic mass is 9.73. The van der Waals surface area contributed by atoms with Crippen LogP contribution >= 0.6 is 0 Å². The fourth-order valence-electron chi connectivity index (χ4n) is 3.52. The molecule has 0 aromatic heterocycles. The number of likely N-dealkylation sites (tertiary alicyclic amines) is 1. The van der Waals surface area contributed by atoms with E-state index in [1.807, 2.05) is 13.8 Å². The van der Waals surface area contributed by atoms with Gasteiger partial charge in [-0.15, -0.1) is 0 Å². The van der Waals surface area contributed by atoms with Gasteiger partial charge in [0.1, 0.15) is 6.04 Å². The zero-order valence-corrected chi connectivity index (χ0v) is 12.2. The van der Waals surface area contributed by atoms with Crippen molar-refractivity contribution >= 4 is 17.8 Å². The van der Waals surface area contributed by atoms with Crippen LogP contribution in [-0.4, -0.2) is 33.8 Å². The van der Waals surface area contributed by atoms with Gasteiger partial charge in [-0.05, 0) is 25.2 Å². The Balaban J connectivity index is 2.24.